The third kappa shape index (κ3) is 1.99. The molecule has 1 rings (SSSR count). The lowest BCUT2D eigenvalue weighted by Crippen LogP contribution is -2.19. The number of hydrogen-bond acceptors (Lipinski definition) is 5. The van der Waals surface area contributed by atoms with E-state index in [1.807, 2.05) is 0 Å². The second-order valence-corrected chi connectivity index (χ2v) is 3.36. The van der Waals surface area contributed by atoms with Gasteiger partial charge in [-0.1, -0.05) is 0 Å². The number of rotatable bonds is 4. The van der Waals surface area contributed by atoms with Gasteiger partial charge < -0.3 is 16.8 Å². The Labute approximate surface area is 84.4 Å². The van der Waals surface area contributed by atoms with Crippen LogP contribution in [-0.2, 0) is 11.2 Å². The van der Waals surface area contributed by atoms with Crippen LogP contribution in [0.25, 0.3) is 0 Å². The number of carbonyl (C=O) groups is 2. The molecular weight excluding hydrogens is 204 g/mol. The van der Waals surface area contributed by atoms with Gasteiger partial charge in [0.25, 0.3) is 5.91 Å². The first-order valence-corrected chi connectivity index (χ1v) is 4.58. The molecule has 0 atom stereocenters. The fourth-order valence-electron chi connectivity index (χ4n) is 1.03. The number of carbonyl (C=O) groups excluding carboxylic acids is 2. The minimum atomic E-state index is -0.612. The zero-order chi connectivity index (χ0) is 10.7. The van der Waals surface area contributed by atoms with E-state index in [9.17, 15) is 9.59 Å². The lowest BCUT2D eigenvalue weighted by atomic mass is 10.1. The van der Waals surface area contributed by atoms with E-state index in [0.29, 0.717) is 10.7 Å². The van der Waals surface area contributed by atoms with E-state index >= 15 is 0 Å². The quantitative estimate of drug-likeness (QED) is 0.616. The molecule has 5 N–H and O–H groups in total. The molecule has 0 spiro atoms. The highest BCUT2D eigenvalue weighted by Crippen LogP contribution is 2.23. The standard InChI is InChI=1S/C7H10N4O2S/c1-10-7-5(6(9)13)3(11-14-7)2-4(8)12/h10H,2H2,1H3,(H2,8,12)(H2,9,13). The molecule has 0 bridgehead atoms. The molecule has 1 aromatic rings. The molecule has 6 nitrogen and oxygen atoms in total. The second kappa shape index (κ2) is 4.05. The minimum Gasteiger partial charge on any atom is -0.378 e. The largest absolute Gasteiger partial charge is 0.378 e. The molecule has 0 radical (unpaired) electrons. The highest BCUT2D eigenvalue weighted by Gasteiger charge is 2.18. The Morgan fingerprint density at radius 2 is 2.14 bits per heavy atom. The number of nitrogens with one attached hydrogen (secondary N) is 1. The van der Waals surface area contributed by atoms with Gasteiger partial charge in [0.1, 0.15) is 5.00 Å². The topological polar surface area (TPSA) is 111 Å². The zero-order valence-electron chi connectivity index (χ0n) is 7.53. The van der Waals surface area contributed by atoms with Gasteiger partial charge in [0.05, 0.1) is 17.7 Å². The number of anilines is 1. The summed E-state index contributed by atoms with van der Waals surface area (Å²) >= 11 is 1.08. The van der Waals surface area contributed by atoms with Crippen molar-refractivity contribution in [3.8, 4) is 0 Å². The Hall–Kier alpha value is -1.63. The van der Waals surface area contributed by atoms with Crippen LogP contribution in [0, 0.1) is 0 Å². The third-order valence-electron chi connectivity index (χ3n) is 1.58. The number of nitrogens with zero attached hydrogens (tertiary/aromatic N) is 1. The summed E-state index contributed by atoms with van der Waals surface area (Å²) in [6.07, 6.45) is -0.0730. The van der Waals surface area contributed by atoms with E-state index in [0.717, 1.165) is 11.5 Å². The summed E-state index contributed by atoms with van der Waals surface area (Å²) in [6, 6.07) is 0. The lowest BCUT2D eigenvalue weighted by molar-refractivity contribution is -0.117. The highest BCUT2D eigenvalue weighted by molar-refractivity contribution is 7.10. The maximum absolute atomic E-state index is 11.0. The first-order chi connectivity index (χ1) is 6.56. The van der Waals surface area contributed by atoms with Crippen LogP contribution < -0.4 is 16.8 Å². The van der Waals surface area contributed by atoms with Gasteiger partial charge in [-0.2, -0.15) is 4.37 Å². The van der Waals surface area contributed by atoms with E-state index in [4.69, 9.17) is 11.5 Å². The molecule has 0 aliphatic rings. The summed E-state index contributed by atoms with van der Waals surface area (Å²) in [6.45, 7) is 0. The van der Waals surface area contributed by atoms with Gasteiger partial charge >= 0.3 is 0 Å². The molecule has 0 aliphatic carbocycles. The third-order valence-corrected chi connectivity index (χ3v) is 2.48. The van der Waals surface area contributed by atoms with E-state index < -0.39 is 11.8 Å². The molecule has 0 fully saturated rings. The van der Waals surface area contributed by atoms with Gasteiger partial charge in [0.15, 0.2) is 0 Å². The minimum absolute atomic E-state index is 0.0730. The first-order valence-electron chi connectivity index (χ1n) is 3.80. The van der Waals surface area contributed by atoms with Crippen molar-refractivity contribution in [1.82, 2.24) is 4.37 Å². The Balaban J connectivity index is 3.10. The molecule has 7 heteroatoms. The number of hydrogen-bond donors (Lipinski definition) is 3. The number of aromatic nitrogens is 1. The number of nitrogens with two attached hydrogens (primary N) is 2. The van der Waals surface area contributed by atoms with Crippen molar-refractivity contribution >= 4 is 28.3 Å². The molecular formula is C7H10N4O2S. The van der Waals surface area contributed by atoms with Gasteiger partial charge in [0, 0.05) is 7.05 Å². The monoisotopic (exact) mass is 214 g/mol. The highest BCUT2D eigenvalue weighted by atomic mass is 32.1. The lowest BCUT2D eigenvalue weighted by Gasteiger charge is -1.99. The molecule has 0 saturated heterocycles. The van der Waals surface area contributed by atoms with Crippen molar-refractivity contribution in [2.45, 2.75) is 6.42 Å². The number of primary amides is 2. The summed E-state index contributed by atoms with van der Waals surface area (Å²) < 4.78 is 3.93. The van der Waals surface area contributed by atoms with Crippen molar-refractivity contribution in [2.75, 3.05) is 12.4 Å². The van der Waals surface area contributed by atoms with Crippen LogP contribution in [-0.4, -0.2) is 23.2 Å². The van der Waals surface area contributed by atoms with Crippen LogP contribution in [0.1, 0.15) is 16.1 Å². The molecule has 76 valence electrons. The zero-order valence-corrected chi connectivity index (χ0v) is 8.35. The predicted molar refractivity (Wildman–Crippen MR) is 53.1 cm³/mol. The fraction of sp³-hybridized carbons (Fsp3) is 0.286. The van der Waals surface area contributed by atoms with E-state index in [2.05, 4.69) is 9.69 Å². The van der Waals surface area contributed by atoms with Gasteiger partial charge in [-0.05, 0) is 11.5 Å². The van der Waals surface area contributed by atoms with Crippen molar-refractivity contribution in [2.24, 2.45) is 11.5 Å². The molecule has 1 heterocycles. The fourth-order valence-corrected chi connectivity index (χ4v) is 1.79. The van der Waals surface area contributed by atoms with Crippen molar-refractivity contribution in [1.29, 1.82) is 0 Å². The smallest absolute Gasteiger partial charge is 0.253 e. The Kier molecular flexibility index (Phi) is 3.03. The van der Waals surface area contributed by atoms with Crippen LogP contribution in [0.15, 0.2) is 0 Å². The molecule has 14 heavy (non-hydrogen) atoms. The van der Waals surface area contributed by atoms with Gasteiger partial charge in [-0.3, -0.25) is 9.59 Å². The maximum atomic E-state index is 11.0. The van der Waals surface area contributed by atoms with Crippen molar-refractivity contribution in [3.05, 3.63) is 11.3 Å². The van der Waals surface area contributed by atoms with Crippen LogP contribution in [0.2, 0.25) is 0 Å². The van der Waals surface area contributed by atoms with E-state index in [-0.39, 0.29) is 12.0 Å². The molecule has 0 aromatic carbocycles. The molecule has 2 amide bonds. The Morgan fingerprint density at radius 1 is 1.50 bits per heavy atom. The molecule has 0 aliphatic heterocycles. The first kappa shape index (κ1) is 10.5. The Morgan fingerprint density at radius 3 is 2.57 bits per heavy atom. The van der Waals surface area contributed by atoms with Crippen LogP contribution in [0.5, 0.6) is 0 Å². The van der Waals surface area contributed by atoms with Crippen molar-refractivity contribution < 1.29 is 9.59 Å². The average Bonchev–Trinajstić information content (AvgIpc) is 2.46. The summed E-state index contributed by atoms with van der Waals surface area (Å²) in [5.41, 5.74) is 10.7. The Bertz CT molecular complexity index is 374. The molecule has 0 saturated carbocycles. The summed E-state index contributed by atoms with van der Waals surface area (Å²) in [5.74, 6) is -1.15. The van der Waals surface area contributed by atoms with Gasteiger partial charge in [-0.15, -0.1) is 0 Å². The van der Waals surface area contributed by atoms with Crippen molar-refractivity contribution in [3.63, 3.8) is 0 Å². The van der Waals surface area contributed by atoms with E-state index in [1.54, 1.807) is 7.05 Å². The van der Waals surface area contributed by atoms with Gasteiger partial charge in [0.2, 0.25) is 5.91 Å². The second-order valence-electron chi connectivity index (χ2n) is 2.59. The summed E-state index contributed by atoms with van der Waals surface area (Å²) in [4.78, 5) is 21.7. The van der Waals surface area contributed by atoms with Crippen LogP contribution in [0.4, 0.5) is 5.00 Å². The maximum Gasteiger partial charge on any atom is 0.253 e. The number of amides is 2. The van der Waals surface area contributed by atoms with Gasteiger partial charge in [-0.25, -0.2) is 0 Å². The normalized spacial score (nSPS) is 9.79. The predicted octanol–water partition coefficient (Wildman–Crippen LogP) is -0.688. The molecule has 0 unspecified atom stereocenters. The van der Waals surface area contributed by atoms with E-state index in [1.165, 1.54) is 0 Å². The van der Waals surface area contributed by atoms with Crippen LogP contribution in [0.3, 0.4) is 0 Å². The summed E-state index contributed by atoms with van der Waals surface area (Å²) in [7, 11) is 1.65. The summed E-state index contributed by atoms with van der Waals surface area (Å²) in [5, 5.41) is 3.32. The molecule has 1 aromatic heterocycles. The van der Waals surface area contributed by atoms with Crippen LogP contribution >= 0.6 is 11.5 Å². The average molecular weight is 214 g/mol. The SMILES string of the molecule is CNc1snc(CC(N)=O)c1C(N)=O.